The van der Waals surface area contributed by atoms with Gasteiger partial charge in [0, 0.05) is 18.3 Å². The summed E-state index contributed by atoms with van der Waals surface area (Å²) >= 11 is 1.03. The molecule has 0 bridgehead atoms. The molecule has 2 aromatic rings. The molecule has 1 aliphatic heterocycles. The predicted octanol–water partition coefficient (Wildman–Crippen LogP) is 3.45. The number of benzene rings is 2. The minimum Gasteiger partial charge on any atom is -0.463 e. The van der Waals surface area contributed by atoms with E-state index in [4.69, 9.17) is 9.47 Å². The topological polar surface area (TPSA) is 72.9 Å². The molecular formula is C23H23NO5S. The van der Waals surface area contributed by atoms with Crippen LogP contribution in [-0.2, 0) is 35.2 Å². The van der Waals surface area contributed by atoms with Gasteiger partial charge in [-0.2, -0.15) is 0 Å². The number of ether oxygens (including phenoxy) is 2. The van der Waals surface area contributed by atoms with Gasteiger partial charge in [0.1, 0.15) is 6.61 Å². The van der Waals surface area contributed by atoms with E-state index in [1.807, 2.05) is 36.4 Å². The summed E-state index contributed by atoms with van der Waals surface area (Å²) in [6.45, 7) is 5.86. The first-order valence-electron chi connectivity index (χ1n) is 9.49. The zero-order chi connectivity index (χ0) is 21.7. The Balaban J connectivity index is 1.84. The molecule has 156 valence electrons. The molecule has 1 unspecified atom stereocenters. The van der Waals surface area contributed by atoms with E-state index in [0.29, 0.717) is 11.3 Å². The molecular weight excluding hydrogens is 402 g/mol. The number of esters is 2. The lowest BCUT2D eigenvalue weighted by molar-refractivity contribution is -0.142. The average molecular weight is 426 g/mol. The predicted molar refractivity (Wildman–Crippen MR) is 116 cm³/mol. The van der Waals surface area contributed by atoms with Crippen LogP contribution < -0.4 is 4.90 Å². The Bertz CT molecular complexity index is 975. The Labute approximate surface area is 179 Å². The Morgan fingerprint density at radius 2 is 1.73 bits per heavy atom. The van der Waals surface area contributed by atoms with E-state index < -0.39 is 16.7 Å². The second-order valence-electron chi connectivity index (χ2n) is 6.70. The number of likely N-dealkylation sites (N-methyl/N-ethyl adjacent to an activating group) is 1. The van der Waals surface area contributed by atoms with Crippen LogP contribution in [0.2, 0.25) is 0 Å². The molecule has 0 spiro atoms. The van der Waals surface area contributed by atoms with Crippen molar-refractivity contribution in [1.82, 2.24) is 0 Å². The summed E-state index contributed by atoms with van der Waals surface area (Å²) in [6.07, 6.45) is 0. The van der Waals surface area contributed by atoms with Crippen LogP contribution in [0.4, 0.5) is 5.69 Å². The van der Waals surface area contributed by atoms with Crippen LogP contribution in [-0.4, -0.2) is 37.3 Å². The van der Waals surface area contributed by atoms with Crippen molar-refractivity contribution in [1.29, 1.82) is 0 Å². The van der Waals surface area contributed by atoms with Crippen molar-refractivity contribution in [2.45, 2.75) is 18.3 Å². The van der Waals surface area contributed by atoms with Crippen molar-refractivity contribution in [2.75, 3.05) is 24.3 Å². The molecule has 6 nitrogen and oxygen atoms in total. The second-order valence-corrected chi connectivity index (χ2v) is 7.89. The average Bonchev–Trinajstić information content (AvgIpc) is 2.99. The number of nitrogens with zero attached hydrogens (tertiary/aromatic N) is 1. The maximum atomic E-state index is 13.3. The summed E-state index contributed by atoms with van der Waals surface area (Å²) in [5, 5.41) is 0. The number of thioether (sulfide) groups is 1. The van der Waals surface area contributed by atoms with Crippen LogP contribution in [0.3, 0.4) is 0 Å². The van der Waals surface area contributed by atoms with Gasteiger partial charge < -0.3 is 14.4 Å². The van der Waals surface area contributed by atoms with Gasteiger partial charge in [0.2, 0.25) is 0 Å². The SMILES string of the molecule is C=C(C(=O)OCC)C1(SCC(=O)OCc2ccccc2)C(=O)N(C)c2ccccc21. The minimum atomic E-state index is -1.44. The molecule has 1 heterocycles. The number of rotatable bonds is 8. The molecule has 0 aliphatic carbocycles. The zero-order valence-corrected chi connectivity index (χ0v) is 17.7. The van der Waals surface area contributed by atoms with Gasteiger partial charge in [-0.1, -0.05) is 55.1 Å². The highest BCUT2D eigenvalue weighted by molar-refractivity contribution is 8.01. The molecule has 2 aromatic carbocycles. The second kappa shape index (κ2) is 9.17. The van der Waals surface area contributed by atoms with E-state index in [0.717, 1.165) is 17.3 Å². The highest BCUT2D eigenvalue weighted by Gasteiger charge is 2.54. The lowest BCUT2D eigenvalue weighted by atomic mass is 9.92. The van der Waals surface area contributed by atoms with E-state index in [9.17, 15) is 14.4 Å². The Hall–Kier alpha value is -3.06. The molecule has 3 rings (SSSR count). The van der Waals surface area contributed by atoms with Crippen LogP contribution >= 0.6 is 11.8 Å². The Kier molecular flexibility index (Phi) is 6.62. The molecule has 7 heteroatoms. The summed E-state index contributed by atoms with van der Waals surface area (Å²) in [5.41, 5.74) is 2.13. The fourth-order valence-electron chi connectivity index (χ4n) is 3.35. The lowest BCUT2D eigenvalue weighted by Gasteiger charge is -2.28. The van der Waals surface area contributed by atoms with Crippen molar-refractivity contribution >= 4 is 35.3 Å². The van der Waals surface area contributed by atoms with Crippen molar-refractivity contribution in [3.63, 3.8) is 0 Å². The summed E-state index contributed by atoms with van der Waals surface area (Å²) in [4.78, 5) is 39.7. The number of carbonyl (C=O) groups excluding carboxylic acids is 3. The Morgan fingerprint density at radius 1 is 1.07 bits per heavy atom. The number of hydrogen-bond donors (Lipinski definition) is 0. The third kappa shape index (κ3) is 3.98. The molecule has 1 atom stereocenters. The molecule has 1 amide bonds. The number of fused-ring (bicyclic) bond motifs is 1. The van der Waals surface area contributed by atoms with E-state index in [1.165, 1.54) is 4.90 Å². The molecule has 30 heavy (non-hydrogen) atoms. The summed E-state index contributed by atoms with van der Waals surface area (Å²) in [7, 11) is 1.63. The van der Waals surface area contributed by atoms with E-state index in [1.54, 1.807) is 32.2 Å². The van der Waals surface area contributed by atoms with E-state index in [2.05, 4.69) is 6.58 Å². The van der Waals surface area contributed by atoms with Crippen molar-refractivity contribution in [3.05, 3.63) is 77.9 Å². The highest BCUT2D eigenvalue weighted by Crippen LogP contribution is 2.52. The number of hydrogen-bond acceptors (Lipinski definition) is 6. The standard InChI is InChI=1S/C23H23NO5S/c1-4-28-21(26)16(2)23(18-12-8-9-13-19(18)24(3)22(23)27)30-15-20(25)29-14-17-10-6-5-7-11-17/h5-13H,2,4,14-15H2,1,3H3. The smallest absolute Gasteiger partial charge is 0.335 e. The van der Waals surface area contributed by atoms with E-state index >= 15 is 0 Å². The molecule has 0 fully saturated rings. The quantitative estimate of drug-likeness (QED) is 0.476. The van der Waals surface area contributed by atoms with Gasteiger partial charge in [0.25, 0.3) is 5.91 Å². The summed E-state index contributed by atoms with van der Waals surface area (Å²) in [5.74, 6) is -1.62. The molecule has 0 N–H and O–H groups in total. The number of anilines is 1. The van der Waals surface area contributed by atoms with Gasteiger partial charge in [0.15, 0.2) is 4.75 Å². The van der Waals surface area contributed by atoms with Crippen molar-refractivity contribution < 1.29 is 23.9 Å². The molecule has 0 radical (unpaired) electrons. The van der Waals surface area contributed by atoms with E-state index in [-0.39, 0.29) is 30.4 Å². The molecule has 0 saturated heterocycles. The van der Waals surface area contributed by atoms with Gasteiger partial charge in [-0.15, -0.1) is 11.8 Å². The Morgan fingerprint density at radius 3 is 2.43 bits per heavy atom. The highest BCUT2D eigenvalue weighted by atomic mass is 32.2. The zero-order valence-electron chi connectivity index (χ0n) is 16.9. The monoisotopic (exact) mass is 425 g/mol. The van der Waals surface area contributed by atoms with Crippen molar-refractivity contribution in [3.8, 4) is 0 Å². The lowest BCUT2D eigenvalue weighted by Crippen LogP contribution is -2.40. The normalized spacial score (nSPS) is 17.4. The number of carbonyl (C=O) groups is 3. The first kappa shape index (κ1) is 21.6. The van der Waals surface area contributed by atoms with Gasteiger partial charge in [-0.05, 0) is 18.6 Å². The third-order valence-electron chi connectivity index (χ3n) is 4.85. The van der Waals surface area contributed by atoms with Crippen LogP contribution in [0.15, 0.2) is 66.7 Å². The van der Waals surface area contributed by atoms with Crippen molar-refractivity contribution in [2.24, 2.45) is 0 Å². The van der Waals surface area contributed by atoms with Gasteiger partial charge in [0.05, 0.1) is 17.9 Å². The van der Waals surface area contributed by atoms with Crippen LogP contribution in [0.25, 0.3) is 0 Å². The van der Waals surface area contributed by atoms with Gasteiger partial charge >= 0.3 is 11.9 Å². The maximum absolute atomic E-state index is 13.3. The van der Waals surface area contributed by atoms with Crippen LogP contribution in [0.1, 0.15) is 18.1 Å². The minimum absolute atomic E-state index is 0.00740. The van der Waals surface area contributed by atoms with Crippen LogP contribution in [0.5, 0.6) is 0 Å². The first-order chi connectivity index (χ1) is 14.4. The molecule has 0 saturated carbocycles. The van der Waals surface area contributed by atoms with Gasteiger partial charge in [-0.3, -0.25) is 9.59 Å². The summed E-state index contributed by atoms with van der Waals surface area (Å²) < 4.78 is 9.01. The molecule has 0 aromatic heterocycles. The number of para-hydroxylation sites is 1. The number of amides is 1. The summed E-state index contributed by atoms with van der Waals surface area (Å²) in [6, 6.07) is 16.5. The largest absolute Gasteiger partial charge is 0.463 e. The van der Waals surface area contributed by atoms with Crippen LogP contribution in [0, 0.1) is 0 Å². The first-order valence-corrected chi connectivity index (χ1v) is 10.5. The fourth-order valence-corrected chi connectivity index (χ4v) is 4.62. The third-order valence-corrected chi connectivity index (χ3v) is 6.30. The molecule has 1 aliphatic rings. The fraction of sp³-hybridized carbons (Fsp3) is 0.261. The maximum Gasteiger partial charge on any atom is 0.335 e. The van der Waals surface area contributed by atoms with Gasteiger partial charge in [-0.25, -0.2) is 4.79 Å².